The number of imidazole rings is 1. The summed E-state index contributed by atoms with van der Waals surface area (Å²) in [6.45, 7) is 0. The monoisotopic (exact) mass is 273 g/mol. The van der Waals surface area contributed by atoms with E-state index in [1.54, 1.807) is 30.7 Å². The van der Waals surface area contributed by atoms with Crippen LogP contribution in [0.3, 0.4) is 0 Å². The minimum atomic E-state index is 0.587. The van der Waals surface area contributed by atoms with Crippen molar-refractivity contribution in [3.05, 3.63) is 41.8 Å². The van der Waals surface area contributed by atoms with Gasteiger partial charge in [-0.15, -0.1) is 0 Å². The number of rotatable bonds is 2. The predicted octanol–water partition coefficient (Wildman–Crippen LogP) is 2.95. The molecule has 0 amide bonds. The van der Waals surface area contributed by atoms with E-state index in [0.717, 1.165) is 11.0 Å². The number of anilines is 3. The number of benzene rings is 1. The van der Waals surface area contributed by atoms with E-state index < -0.39 is 0 Å². The fourth-order valence-electron chi connectivity index (χ4n) is 1.92. The molecule has 3 N–H and O–H groups in total. The number of halogens is 1. The molecule has 2 heterocycles. The lowest BCUT2D eigenvalue weighted by molar-refractivity contribution is 0.947. The summed E-state index contributed by atoms with van der Waals surface area (Å²) in [7, 11) is 1.94. The average Bonchev–Trinajstić information content (AvgIpc) is 2.77. The topological polar surface area (TPSA) is 68.8 Å². The minimum Gasteiger partial charge on any atom is -0.399 e. The van der Waals surface area contributed by atoms with Crippen LogP contribution in [0.1, 0.15) is 0 Å². The van der Waals surface area contributed by atoms with Gasteiger partial charge < -0.3 is 15.6 Å². The highest BCUT2D eigenvalue weighted by Crippen LogP contribution is 2.29. The summed E-state index contributed by atoms with van der Waals surface area (Å²) in [5.74, 6) is 0.658. The molecule has 19 heavy (non-hydrogen) atoms. The largest absolute Gasteiger partial charge is 0.399 e. The van der Waals surface area contributed by atoms with Crippen LogP contribution in [0, 0.1) is 0 Å². The van der Waals surface area contributed by atoms with Crippen molar-refractivity contribution in [2.45, 2.75) is 0 Å². The van der Waals surface area contributed by atoms with Crippen LogP contribution in [0.15, 0.2) is 36.8 Å². The van der Waals surface area contributed by atoms with Crippen LogP contribution in [0.25, 0.3) is 11.0 Å². The van der Waals surface area contributed by atoms with E-state index in [9.17, 15) is 0 Å². The molecule has 0 spiro atoms. The van der Waals surface area contributed by atoms with E-state index in [2.05, 4.69) is 15.3 Å². The van der Waals surface area contributed by atoms with Crippen LogP contribution in [-0.4, -0.2) is 14.5 Å². The molecule has 0 aliphatic heterocycles. The van der Waals surface area contributed by atoms with Gasteiger partial charge in [0.15, 0.2) is 5.82 Å². The standard InChI is InChI=1S/C13H12ClN5/c1-19-7-17-12-11(19)4-5-16-13(12)18-10-6-8(15)2-3-9(10)14/h2-7H,15H2,1H3,(H,16,18). The van der Waals surface area contributed by atoms with Crippen molar-refractivity contribution in [1.29, 1.82) is 0 Å². The van der Waals surface area contributed by atoms with Crippen molar-refractivity contribution in [2.24, 2.45) is 7.05 Å². The maximum absolute atomic E-state index is 6.13. The molecular weight excluding hydrogens is 262 g/mol. The van der Waals surface area contributed by atoms with Crippen LogP contribution in [-0.2, 0) is 7.05 Å². The van der Waals surface area contributed by atoms with Crippen LogP contribution < -0.4 is 11.1 Å². The quantitative estimate of drug-likeness (QED) is 0.705. The number of hydrogen-bond acceptors (Lipinski definition) is 4. The Morgan fingerprint density at radius 2 is 2.11 bits per heavy atom. The third-order valence-corrected chi connectivity index (χ3v) is 3.22. The normalized spacial score (nSPS) is 10.8. The lowest BCUT2D eigenvalue weighted by Gasteiger charge is -2.09. The highest BCUT2D eigenvalue weighted by atomic mass is 35.5. The number of aromatic nitrogens is 3. The Morgan fingerprint density at radius 3 is 2.95 bits per heavy atom. The zero-order valence-electron chi connectivity index (χ0n) is 10.3. The molecule has 96 valence electrons. The molecule has 0 aliphatic rings. The SMILES string of the molecule is Cn1cnc2c(Nc3cc(N)ccc3Cl)nccc21. The first-order chi connectivity index (χ1) is 9.15. The second-order valence-corrected chi connectivity index (χ2v) is 4.65. The van der Waals surface area contributed by atoms with E-state index in [1.165, 1.54) is 0 Å². The summed E-state index contributed by atoms with van der Waals surface area (Å²) in [6.07, 6.45) is 3.48. The Morgan fingerprint density at radius 1 is 1.26 bits per heavy atom. The first kappa shape index (κ1) is 11.8. The van der Waals surface area contributed by atoms with Crippen molar-refractivity contribution in [3.8, 4) is 0 Å². The summed E-state index contributed by atoms with van der Waals surface area (Å²) < 4.78 is 1.93. The number of pyridine rings is 1. The highest BCUT2D eigenvalue weighted by Gasteiger charge is 2.09. The molecule has 5 nitrogen and oxygen atoms in total. The lowest BCUT2D eigenvalue weighted by atomic mass is 10.2. The van der Waals surface area contributed by atoms with Crippen LogP contribution in [0.4, 0.5) is 17.2 Å². The molecule has 0 aliphatic carbocycles. The van der Waals surface area contributed by atoms with Crippen molar-refractivity contribution < 1.29 is 0 Å². The van der Waals surface area contributed by atoms with E-state index in [0.29, 0.717) is 22.2 Å². The Balaban J connectivity index is 2.08. The van der Waals surface area contributed by atoms with Gasteiger partial charge in [-0.3, -0.25) is 0 Å². The van der Waals surface area contributed by atoms with Gasteiger partial charge in [-0.2, -0.15) is 0 Å². The molecule has 0 unspecified atom stereocenters. The van der Waals surface area contributed by atoms with Gasteiger partial charge in [0.2, 0.25) is 0 Å². The van der Waals surface area contributed by atoms with E-state index in [-0.39, 0.29) is 0 Å². The first-order valence-corrected chi connectivity index (χ1v) is 6.11. The number of fused-ring (bicyclic) bond motifs is 1. The highest BCUT2D eigenvalue weighted by molar-refractivity contribution is 6.33. The second-order valence-electron chi connectivity index (χ2n) is 4.25. The van der Waals surface area contributed by atoms with Gasteiger partial charge >= 0.3 is 0 Å². The summed E-state index contributed by atoms with van der Waals surface area (Å²) >= 11 is 6.13. The average molecular weight is 274 g/mol. The summed E-state index contributed by atoms with van der Waals surface area (Å²) in [5, 5.41) is 3.76. The number of nitrogens with two attached hydrogens (primary N) is 1. The van der Waals surface area contributed by atoms with E-state index in [4.69, 9.17) is 17.3 Å². The Hall–Kier alpha value is -2.27. The van der Waals surface area contributed by atoms with Crippen molar-refractivity contribution in [3.63, 3.8) is 0 Å². The van der Waals surface area contributed by atoms with Gasteiger partial charge in [0.05, 0.1) is 22.6 Å². The zero-order chi connectivity index (χ0) is 13.4. The molecule has 3 rings (SSSR count). The van der Waals surface area contributed by atoms with Crippen LogP contribution >= 0.6 is 11.6 Å². The summed E-state index contributed by atoms with van der Waals surface area (Å²) in [4.78, 5) is 8.63. The van der Waals surface area contributed by atoms with Gasteiger partial charge in [0.1, 0.15) is 5.52 Å². The van der Waals surface area contributed by atoms with E-state index in [1.807, 2.05) is 17.7 Å². The molecule has 2 aromatic heterocycles. The number of nitrogen functional groups attached to an aromatic ring is 1. The second kappa shape index (κ2) is 4.44. The molecule has 0 atom stereocenters. The third-order valence-electron chi connectivity index (χ3n) is 2.89. The fraction of sp³-hybridized carbons (Fsp3) is 0.0769. The zero-order valence-corrected chi connectivity index (χ0v) is 11.0. The molecule has 0 bridgehead atoms. The predicted molar refractivity (Wildman–Crippen MR) is 77.7 cm³/mol. The summed E-state index contributed by atoms with van der Waals surface area (Å²) in [5.41, 5.74) is 8.91. The van der Waals surface area contributed by atoms with Crippen molar-refractivity contribution in [2.75, 3.05) is 11.1 Å². The van der Waals surface area contributed by atoms with Gasteiger partial charge in [-0.25, -0.2) is 9.97 Å². The lowest BCUT2D eigenvalue weighted by Crippen LogP contribution is -1.97. The molecule has 6 heteroatoms. The van der Waals surface area contributed by atoms with E-state index >= 15 is 0 Å². The van der Waals surface area contributed by atoms with Gasteiger partial charge in [0, 0.05) is 18.9 Å². The number of hydrogen-bond donors (Lipinski definition) is 2. The maximum atomic E-state index is 6.13. The van der Waals surface area contributed by atoms with Crippen LogP contribution in [0.2, 0.25) is 5.02 Å². The van der Waals surface area contributed by atoms with Gasteiger partial charge in [0.25, 0.3) is 0 Å². The smallest absolute Gasteiger partial charge is 0.158 e. The fourth-order valence-corrected chi connectivity index (χ4v) is 2.08. The number of nitrogens with zero attached hydrogens (tertiary/aromatic N) is 3. The summed E-state index contributed by atoms with van der Waals surface area (Å²) in [6, 6.07) is 7.18. The molecule has 0 fully saturated rings. The molecule has 1 aromatic carbocycles. The molecular formula is C13H12ClN5. The Bertz CT molecular complexity index is 750. The Labute approximate surface area is 115 Å². The van der Waals surface area contributed by atoms with Crippen molar-refractivity contribution >= 4 is 39.8 Å². The van der Waals surface area contributed by atoms with Gasteiger partial charge in [-0.1, -0.05) is 11.6 Å². The molecule has 3 aromatic rings. The minimum absolute atomic E-state index is 0.587. The number of aryl methyl sites for hydroxylation is 1. The Kier molecular flexibility index (Phi) is 2.76. The van der Waals surface area contributed by atoms with Gasteiger partial charge in [-0.05, 0) is 24.3 Å². The maximum Gasteiger partial charge on any atom is 0.158 e. The molecule has 0 saturated heterocycles. The third kappa shape index (κ3) is 2.08. The molecule has 0 saturated carbocycles. The molecule has 0 radical (unpaired) electrons. The van der Waals surface area contributed by atoms with Crippen LogP contribution in [0.5, 0.6) is 0 Å². The van der Waals surface area contributed by atoms with Crippen molar-refractivity contribution in [1.82, 2.24) is 14.5 Å². The first-order valence-electron chi connectivity index (χ1n) is 5.73. The number of nitrogens with one attached hydrogen (secondary N) is 1.